The highest BCUT2D eigenvalue weighted by molar-refractivity contribution is 7.17. The van der Waals surface area contributed by atoms with E-state index < -0.39 is 0 Å². The Labute approximate surface area is 195 Å². The van der Waals surface area contributed by atoms with E-state index in [0.717, 1.165) is 25.9 Å². The Balaban J connectivity index is 1.42. The van der Waals surface area contributed by atoms with Crippen molar-refractivity contribution in [2.45, 2.75) is 38.8 Å². The zero-order valence-corrected chi connectivity index (χ0v) is 19.2. The maximum Gasteiger partial charge on any atom is 0.281 e. The number of carbonyl (C=O) groups excluding carboxylic acids is 1. The van der Waals surface area contributed by atoms with Crippen LogP contribution in [0, 0.1) is 5.82 Å². The van der Waals surface area contributed by atoms with Crippen LogP contribution in [0.2, 0.25) is 0 Å². The standard InChI is InChI=1S/C25H25FN4O2S/c1-2-6-21(29-13-3-4-14-29)27-24(31)16-9-11-17(12-10-16)30-25(32)19-15-33-23-18(22(19)28-30)7-5-8-20(23)26/h5,7-12,15,21H,2-4,6,13-14H2,1H3,(H,27,31). The topological polar surface area (TPSA) is 67.2 Å². The highest BCUT2D eigenvalue weighted by Crippen LogP contribution is 2.32. The fourth-order valence-corrected chi connectivity index (χ4v) is 5.41. The third-order valence-corrected chi connectivity index (χ3v) is 7.21. The minimum Gasteiger partial charge on any atom is -0.336 e. The summed E-state index contributed by atoms with van der Waals surface area (Å²) >= 11 is 1.20. The lowest BCUT2D eigenvalue weighted by molar-refractivity contribution is 0.0863. The fraction of sp³-hybridized carbons (Fsp3) is 0.320. The summed E-state index contributed by atoms with van der Waals surface area (Å²) in [4.78, 5) is 28.2. The van der Waals surface area contributed by atoms with Crippen LogP contribution in [0.4, 0.5) is 4.39 Å². The van der Waals surface area contributed by atoms with Gasteiger partial charge >= 0.3 is 0 Å². The second-order valence-electron chi connectivity index (χ2n) is 8.40. The van der Waals surface area contributed by atoms with Gasteiger partial charge in [-0.05, 0) is 49.6 Å². The molecule has 1 atom stereocenters. The van der Waals surface area contributed by atoms with E-state index in [1.807, 2.05) is 0 Å². The van der Waals surface area contributed by atoms with Gasteiger partial charge in [-0.25, -0.2) is 4.39 Å². The molecule has 1 N–H and O–H groups in total. The van der Waals surface area contributed by atoms with E-state index in [2.05, 4.69) is 22.2 Å². The average Bonchev–Trinajstić information content (AvgIpc) is 3.48. The molecule has 1 saturated heterocycles. The van der Waals surface area contributed by atoms with Gasteiger partial charge in [0.2, 0.25) is 0 Å². The number of nitrogens with one attached hydrogen (secondary N) is 1. The van der Waals surface area contributed by atoms with Crippen molar-refractivity contribution >= 4 is 27.3 Å². The lowest BCUT2D eigenvalue weighted by Gasteiger charge is -2.28. The number of halogens is 1. The van der Waals surface area contributed by atoms with Crippen molar-refractivity contribution in [2.75, 3.05) is 13.1 Å². The van der Waals surface area contributed by atoms with Crippen molar-refractivity contribution in [1.29, 1.82) is 0 Å². The number of hydrogen-bond acceptors (Lipinski definition) is 5. The molecular formula is C25H25FN4O2S. The van der Waals surface area contributed by atoms with Gasteiger partial charge < -0.3 is 5.32 Å². The van der Waals surface area contributed by atoms with Crippen LogP contribution >= 0.6 is 11.3 Å². The molecule has 1 unspecified atom stereocenters. The summed E-state index contributed by atoms with van der Waals surface area (Å²) in [5, 5.41) is 9.92. The maximum atomic E-state index is 14.2. The number of aromatic nitrogens is 2. The Morgan fingerprint density at radius 2 is 1.94 bits per heavy atom. The van der Waals surface area contributed by atoms with Crippen molar-refractivity contribution in [3.63, 3.8) is 0 Å². The van der Waals surface area contributed by atoms with E-state index in [1.165, 1.54) is 34.9 Å². The van der Waals surface area contributed by atoms with Crippen molar-refractivity contribution in [3.05, 3.63) is 69.6 Å². The van der Waals surface area contributed by atoms with Crippen LogP contribution in [0.3, 0.4) is 0 Å². The van der Waals surface area contributed by atoms with Gasteiger partial charge in [-0.15, -0.1) is 11.3 Å². The number of nitrogens with zero attached hydrogens (tertiary/aromatic N) is 3. The summed E-state index contributed by atoms with van der Waals surface area (Å²) in [5.74, 6) is -0.449. The number of amides is 1. The number of fused-ring (bicyclic) bond motifs is 3. The summed E-state index contributed by atoms with van der Waals surface area (Å²) in [6.07, 6.45) is 4.30. The van der Waals surface area contributed by atoms with E-state index in [9.17, 15) is 14.0 Å². The first kappa shape index (κ1) is 21.7. The van der Waals surface area contributed by atoms with E-state index in [4.69, 9.17) is 0 Å². The molecule has 170 valence electrons. The van der Waals surface area contributed by atoms with Gasteiger partial charge in [0.25, 0.3) is 11.5 Å². The Morgan fingerprint density at radius 1 is 1.18 bits per heavy atom. The smallest absolute Gasteiger partial charge is 0.281 e. The second-order valence-corrected chi connectivity index (χ2v) is 9.28. The number of benzene rings is 2. The van der Waals surface area contributed by atoms with Gasteiger partial charge in [0.15, 0.2) is 0 Å². The molecule has 0 aromatic heterocycles. The average molecular weight is 465 g/mol. The zero-order chi connectivity index (χ0) is 22.9. The molecular weight excluding hydrogens is 439 g/mol. The van der Waals surface area contributed by atoms with Crippen LogP contribution in [0.15, 0.2) is 52.6 Å². The molecule has 3 aliphatic heterocycles. The normalized spacial score (nSPS) is 15.3. The molecule has 0 bridgehead atoms. The van der Waals surface area contributed by atoms with Crippen LogP contribution in [-0.2, 0) is 0 Å². The molecule has 3 aliphatic rings. The predicted octanol–water partition coefficient (Wildman–Crippen LogP) is 4.64. The van der Waals surface area contributed by atoms with Crippen LogP contribution in [0.5, 0.6) is 0 Å². The van der Waals surface area contributed by atoms with Crippen molar-refractivity contribution in [2.24, 2.45) is 0 Å². The molecule has 2 aromatic rings. The first-order chi connectivity index (χ1) is 16.1. The summed E-state index contributed by atoms with van der Waals surface area (Å²) in [5.41, 5.74) is 1.77. The van der Waals surface area contributed by atoms with E-state index >= 15 is 0 Å². The molecule has 33 heavy (non-hydrogen) atoms. The maximum absolute atomic E-state index is 14.2. The minimum atomic E-state index is -0.327. The molecule has 5 rings (SSSR count). The Bertz CT molecular complexity index is 1320. The number of hydrogen-bond donors (Lipinski definition) is 1. The number of carbonyl (C=O) groups is 1. The first-order valence-corrected chi connectivity index (χ1v) is 12.2. The highest BCUT2D eigenvalue weighted by atomic mass is 32.1. The van der Waals surface area contributed by atoms with E-state index in [-0.39, 0.29) is 23.4 Å². The third-order valence-electron chi connectivity index (χ3n) is 6.21. The van der Waals surface area contributed by atoms with Crippen LogP contribution < -0.4 is 10.9 Å². The lowest BCUT2D eigenvalue weighted by atomic mass is 10.1. The monoisotopic (exact) mass is 464 g/mol. The van der Waals surface area contributed by atoms with Gasteiger partial charge in [0.05, 0.1) is 22.1 Å². The molecule has 3 heterocycles. The molecule has 1 amide bonds. The first-order valence-electron chi connectivity index (χ1n) is 11.3. The number of likely N-dealkylation sites (tertiary alicyclic amines) is 1. The van der Waals surface area contributed by atoms with Crippen molar-refractivity contribution < 1.29 is 9.18 Å². The molecule has 0 radical (unpaired) electrons. The van der Waals surface area contributed by atoms with E-state index in [1.54, 1.807) is 41.8 Å². The molecule has 6 nitrogen and oxygen atoms in total. The Morgan fingerprint density at radius 3 is 2.67 bits per heavy atom. The van der Waals surface area contributed by atoms with Gasteiger partial charge in [-0.2, -0.15) is 9.78 Å². The van der Waals surface area contributed by atoms with Crippen molar-refractivity contribution in [3.8, 4) is 16.9 Å². The van der Waals surface area contributed by atoms with E-state index in [0.29, 0.717) is 32.6 Å². The molecule has 0 aliphatic carbocycles. The van der Waals surface area contributed by atoms with Gasteiger partial charge in [0, 0.05) is 29.4 Å². The number of rotatable bonds is 6. The summed E-state index contributed by atoms with van der Waals surface area (Å²) < 4.78 is 15.9. The SMILES string of the molecule is CCCC(NC(=O)c1ccc(-n2nc3c4cccc(F)c4scc-3c2=O)cc1)N1CCCC1. The molecule has 8 heteroatoms. The summed E-state index contributed by atoms with van der Waals surface area (Å²) in [6, 6.07) is 11.7. The zero-order valence-electron chi connectivity index (χ0n) is 18.4. The Hall–Kier alpha value is -3.10. The molecule has 0 saturated carbocycles. The predicted molar refractivity (Wildman–Crippen MR) is 129 cm³/mol. The minimum absolute atomic E-state index is 0.0456. The molecule has 0 spiro atoms. The van der Waals surface area contributed by atoms with Gasteiger partial charge in [0.1, 0.15) is 11.5 Å². The van der Waals surface area contributed by atoms with Gasteiger partial charge in [-0.1, -0.05) is 25.5 Å². The van der Waals surface area contributed by atoms with Crippen LogP contribution in [0.1, 0.15) is 43.0 Å². The molecule has 2 aromatic carbocycles. The highest BCUT2D eigenvalue weighted by Gasteiger charge is 2.24. The van der Waals surface area contributed by atoms with Gasteiger partial charge in [-0.3, -0.25) is 14.5 Å². The van der Waals surface area contributed by atoms with Crippen molar-refractivity contribution in [1.82, 2.24) is 20.0 Å². The lowest BCUT2D eigenvalue weighted by Crippen LogP contribution is -2.46. The largest absolute Gasteiger partial charge is 0.336 e. The summed E-state index contributed by atoms with van der Waals surface area (Å²) in [6.45, 7) is 4.15. The third kappa shape index (κ3) is 4.05. The van der Waals surface area contributed by atoms with Crippen LogP contribution in [-0.4, -0.2) is 39.8 Å². The Kier molecular flexibility index (Phi) is 5.95. The fourth-order valence-electron chi connectivity index (χ4n) is 4.49. The second kappa shape index (κ2) is 9.03. The summed E-state index contributed by atoms with van der Waals surface area (Å²) in [7, 11) is 0. The molecule has 1 fully saturated rings. The quantitative estimate of drug-likeness (QED) is 0.451. The van der Waals surface area contributed by atoms with Crippen LogP contribution in [0.25, 0.3) is 27.0 Å².